The van der Waals surface area contributed by atoms with Gasteiger partial charge in [-0.25, -0.2) is 0 Å². The van der Waals surface area contributed by atoms with Crippen LogP contribution in [0, 0.1) is 23.2 Å². The Bertz CT molecular complexity index is 755. The molecule has 2 N–H and O–H groups in total. The highest BCUT2D eigenvalue weighted by Gasteiger charge is 2.51. The van der Waals surface area contributed by atoms with Gasteiger partial charge in [-0.3, -0.25) is 9.59 Å². The molecule has 158 valence electrons. The predicted molar refractivity (Wildman–Crippen MR) is 102 cm³/mol. The first-order chi connectivity index (χ1) is 13.7. The van der Waals surface area contributed by atoms with Crippen LogP contribution in [0.3, 0.4) is 0 Å². The van der Waals surface area contributed by atoms with Crippen LogP contribution in [0.5, 0.6) is 0 Å². The lowest BCUT2D eigenvalue weighted by molar-refractivity contribution is -0.137. The third-order valence-corrected chi connectivity index (χ3v) is 6.89. The van der Waals surface area contributed by atoms with Crippen LogP contribution < -0.4 is 10.6 Å². The lowest BCUT2D eigenvalue weighted by Gasteiger charge is -2.56. The Balaban J connectivity index is 1.22. The summed E-state index contributed by atoms with van der Waals surface area (Å²) in [6.07, 6.45) is 3.43. The number of nitrogens with one attached hydrogen (secondary N) is 2. The van der Waals surface area contributed by atoms with E-state index in [9.17, 15) is 22.8 Å². The van der Waals surface area contributed by atoms with Gasteiger partial charge in [0.2, 0.25) is 11.8 Å². The first-order valence-corrected chi connectivity index (χ1v) is 10.4. The second-order valence-electron chi connectivity index (χ2n) is 9.35. The number of carbonyl (C=O) groups is 2. The molecule has 4 nitrogen and oxygen atoms in total. The maximum absolute atomic E-state index is 12.7. The largest absolute Gasteiger partial charge is 0.416 e. The normalized spacial score (nSPS) is 30.2. The van der Waals surface area contributed by atoms with E-state index in [0.717, 1.165) is 49.1 Å². The van der Waals surface area contributed by atoms with Gasteiger partial charge in [0.25, 0.3) is 0 Å². The standard InChI is InChI=1S/C22H27F3N2O2/c23-22(24,25)18-3-1-2-14(7-18)12-26-20(29)13-27-19(28)11-21-8-15-4-16(9-21)6-17(5-15)10-21/h1-3,7,15-17H,4-6,8-13H2,(H,26,29)(H,27,28). The maximum Gasteiger partial charge on any atom is 0.416 e. The number of benzene rings is 1. The molecule has 0 radical (unpaired) electrons. The monoisotopic (exact) mass is 408 g/mol. The van der Waals surface area contributed by atoms with E-state index >= 15 is 0 Å². The number of hydrogen-bond donors (Lipinski definition) is 2. The van der Waals surface area contributed by atoms with Crippen LogP contribution >= 0.6 is 0 Å². The molecular formula is C22H27F3N2O2. The molecule has 4 saturated carbocycles. The van der Waals surface area contributed by atoms with Gasteiger partial charge in [-0.15, -0.1) is 0 Å². The van der Waals surface area contributed by atoms with Crippen molar-refractivity contribution in [2.45, 2.75) is 57.7 Å². The zero-order valence-corrected chi connectivity index (χ0v) is 16.4. The summed E-state index contributed by atoms with van der Waals surface area (Å²) < 4.78 is 38.2. The number of hydrogen-bond acceptors (Lipinski definition) is 2. The Morgan fingerprint density at radius 2 is 1.59 bits per heavy atom. The van der Waals surface area contributed by atoms with E-state index in [1.807, 2.05) is 0 Å². The van der Waals surface area contributed by atoms with E-state index in [-0.39, 0.29) is 24.4 Å². The molecule has 7 heteroatoms. The van der Waals surface area contributed by atoms with E-state index in [0.29, 0.717) is 12.0 Å². The Hall–Kier alpha value is -2.05. The van der Waals surface area contributed by atoms with Crippen molar-refractivity contribution < 1.29 is 22.8 Å². The number of alkyl halides is 3. The molecule has 4 fully saturated rings. The summed E-state index contributed by atoms with van der Waals surface area (Å²) in [6.45, 7) is -0.155. The van der Waals surface area contributed by atoms with Gasteiger partial charge in [-0.1, -0.05) is 12.1 Å². The minimum Gasteiger partial charge on any atom is -0.350 e. The van der Waals surface area contributed by atoms with Crippen molar-refractivity contribution in [3.8, 4) is 0 Å². The van der Waals surface area contributed by atoms with Crippen molar-refractivity contribution in [3.05, 3.63) is 35.4 Å². The topological polar surface area (TPSA) is 58.2 Å². The number of halogens is 3. The number of carbonyl (C=O) groups excluding carboxylic acids is 2. The van der Waals surface area contributed by atoms with Crippen molar-refractivity contribution in [3.63, 3.8) is 0 Å². The molecule has 0 aromatic heterocycles. The third kappa shape index (κ3) is 4.75. The molecule has 0 aliphatic heterocycles. The van der Waals surface area contributed by atoms with Gasteiger partial charge < -0.3 is 10.6 Å². The van der Waals surface area contributed by atoms with Gasteiger partial charge in [0.15, 0.2) is 0 Å². The van der Waals surface area contributed by atoms with E-state index in [1.54, 1.807) is 0 Å². The molecule has 0 atom stereocenters. The Morgan fingerprint density at radius 3 is 2.17 bits per heavy atom. The lowest BCUT2D eigenvalue weighted by Crippen LogP contribution is -2.48. The van der Waals surface area contributed by atoms with Crippen LogP contribution in [-0.4, -0.2) is 18.4 Å². The van der Waals surface area contributed by atoms with Crippen molar-refractivity contribution >= 4 is 11.8 Å². The van der Waals surface area contributed by atoms with Gasteiger partial charge in [0, 0.05) is 13.0 Å². The molecule has 29 heavy (non-hydrogen) atoms. The SMILES string of the molecule is O=C(CNC(=O)CC12CC3CC(CC(C3)C1)C2)NCc1cccc(C(F)(F)F)c1. The second kappa shape index (κ2) is 7.65. The quantitative estimate of drug-likeness (QED) is 0.746. The summed E-state index contributed by atoms with van der Waals surface area (Å²) in [6, 6.07) is 4.86. The zero-order valence-electron chi connectivity index (χ0n) is 16.4. The summed E-state index contributed by atoms with van der Waals surface area (Å²) in [7, 11) is 0. The highest BCUT2D eigenvalue weighted by molar-refractivity contribution is 5.84. The lowest BCUT2D eigenvalue weighted by atomic mass is 9.49. The van der Waals surface area contributed by atoms with Crippen molar-refractivity contribution in [2.24, 2.45) is 23.2 Å². The molecule has 5 rings (SSSR count). The van der Waals surface area contributed by atoms with Crippen LogP contribution in [-0.2, 0) is 22.3 Å². The number of amides is 2. The summed E-state index contributed by atoms with van der Waals surface area (Å²) >= 11 is 0. The van der Waals surface area contributed by atoms with Crippen molar-refractivity contribution in [1.29, 1.82) is 0 Å². The molecule has 0 saturated heterocycles. The highest BCUT2D eigenvalue weighted by atomic mass is 19.4. The Kier molecular flexibility index (Phi) is 5.34. The second-order valence-corrected chi connectivity index (χ2v) is 9.35. The average molecular weight is 408 g/mol. The van der Waals surface area contributed by atoms with E-state index in [2.05, 4.69) is 10.6 Å². The summed E-state index contributed by atoms with van der Waals surface area (Å²) in [5.74, 6) is 1.81. The van der Waals surface area contributed by atoms with Crippen LogP contribution in [0.4, 0.5) is 13.2 Å². The average Bonchev–Trinajstić information content (AvgIpc) is 2.63. The summed E-state index contributed by atoms with van der Waals surface area (Å²) in [5.41, 5.74) is -0.255. The fourth-order valence-corrected chi connectivity index (χ4v) is 6.21. The molecular weight excluding hydrogens is 381 g/mol. The highest BCUT2D eigenvalue weighted by Crippen LogP contribution is 2.61. The molecule has 4 aliphatic rings. The maximum atomic E-state index is 12.7. The van der Waals surface area contributed by atoms with Crippen LogP contribution in [0.15, 0.2) is 24.3 Å². The van der Waals surface area contributed by atoms with Gasteiger partial charge >= 0.3 is 6.18 Å². The zero-order chi connectivity index (χ0) is 20.6. The van der Waals surface area contributed by atoms with Gasteiger partial charge in [-0.2, -0.15) is 13.2 Å². The van der Waals surface area contributed by atoms with Gasteiger partial charge in [-0.05, 0) is 79.4 Å². The van der Waals surface area contributed by atoms with Gasteiger partial charge in [0.05, 0.1) is 12.1 Å². The third-order valence-electron chi connectivity index (χ3n) is 6.89. The predicted octanol–water partition coefficient (Wildman–Crippen LogP) is 4.04. The fraction of sp³-hybridized carbons (Fsp3) is 0.636. The molecule has 4 bridgehead atoms. The van der Waals surface area contributed by atoms with Gasteiger partial charge in [0.1, 0.15) is 0 Å². The molecule has 0 unspecified atom stereocenters. The molecule has 4 aliphatic carbocycles. The molecule has 1 aromatic carbocycles. The van der Waals surface area contributed by atoms with Crippen LogP contribution in [0.25, 0.3) is 0 Å². The molecule has 1 aromatic rings. The minimum atomic E-state index is -4.41. The number of rotatable bonds is 6. The van der Waals surface area contributed by atoms with E-state index in [4.69, 9.17) is 0 Å². The first kappa shape index (κ1) is 20.2. The fourth-order valence-electron chi connectivity index (χ4n) is 6.21. The van der Waals surface area contributed by atoms with Crippen molar-refractivity contribution in [2.75, 3.05) is 6.54 Å². The van der Waals surface area contributed by atoms with E-state index in [1.165, 1.54) is 31.4 Å². The summed E-state index contributed by atoms with van der Waals surface area (Å²) in [5, 5.41) is 5.27. The Morgan fingerprint density at radius 1 is 0.966 bits per heavy atom. The summed E-state index contributed by atoms with van der Waals surface area (Å²) in [4.78, 5) is 24.5. The smallest absolute Gasteiger partial charge is 0.350 e. The van der Waals surface area contributed by atoms with Crippen LogP contribution in [0.1, 0.15) is 56.1 Å². The molecule has 2 amide bonds. The first-order valence-electron chi connectivity index (χ1n) is 10.4. The molecule has 0 spiro atoms. The van der Waals surface area contributed by atoms with E-state index < -0.39 is 17.6 Å². The Labute approximate surface area is 168 Å². The van der Waals surface area contributed by atoms with Crippen LogP contribution in [0.2, 0.25) is 0 Å². The minimum absolute atomic E-state index is 0.00635. The molecule has 0 heterocycles. The van der Waals surface area contributed by atoms with Crippen molar-refractivity contribution in [1.82, 2.24) is 10.6 Å².